The molecule has 26 valence electrons. The number of hydrogen-bond donors (Lipinski definition) is 0. The first kappa shape index (κ1) is 15.8. The molecule has 0 bridgehead atoms. The summed E-state index contributed by atoms with van der Waals surface area (Å²) in [4.78, 5) is 0. The number of rotatable bonds is 0. The molecule has 0 aliphatic rings. The minimum atomic E-state index is 0. The van der Waals surface area contributed by atoms with Crippen molar-refractivity contribution >= 4 is 33.2 Å². The Morgan fingerprint density at radius 2 is 1.25 bits per heavy atom. The first-order valence-corrected chi connectivity index (χ1v) is 1.77. The third kappa shape index (κ3) is 8.86. The van der Waals surface area contributed by atoms with Crippen LogP contribution in [0.2, 0.25) is 0 Å². The van der Waals surface area contributed by atoms with Gasteiger partial charge in [0.05, 0.1) is 0 Å². The molecule has 0 saturated carbocycles. The molecule has 0 radical (unpaired) electrons. The molecule has 0 unspecified atom stereocenters. The van der Waals surface area contributed by atoms with E-state index in [1.807, 2.05) is 0 Å². The van der Waals surface area contributed by atoms with Crippen molar-refractivity contribution in [3.63, 3.8) is 0 Å². The van der Waals surface area contributed by atoms with E-state index >= 15 is 0 Å². The average Bonchev–Trinajstić information content (AvgIpc) is 1.00. The molecule has 0 N–H and O–H groups in total. The molecule has 0 fully saturated rings. The fourth-order valence-corrected chi connectivity index (χ4v) is 0. The van der Waals surface area contributed by atoms with Gasteiger partial charge in [-0.05, 0) is 0 Å². The predicted octanol–water partition coefficient (Wildman–Crippen LogP) is -0.229. The van der Waals surface area contributed by atoms with E-state index in [0.29, 0.717) is 0 Å². The van der Waals surface area contributed by atoms with Crippen LogP contribution in [0.1, 0.15) is 0 Å². The molecule has 0 nitrogen and oxygen atoms in total. The zero-order valence-electron chi connectivity index (χ0n) is 1.11. The Balaban J connectivity index is -0.00000000500. The van der Waals surface area contributed by atoms with Crippen molar-refractivity contribution in [1.82, 2.24) is 0 Å². The van der Waals surface area contributed by atoms with Gasteiger partial charge in [-0.3, -0.25) is 0 Å². The summed E-state index contributed by atoms with van der Waals surface area (Å²) in [5.41, 5.74) is 0. The van der Waals surface area contributed by atoms with Gasteiger partial charge in [-0.25, -0.2) is 0 Å². The van der Waals surface area contributed by atoms with Crippen molar-refractivity contribution in [3.05, 3.63) is 0 Å². The van der Waals surface area contributed by atoms with Gasteiger partial charge in [0.15, 0.2) is 0 Å². The van der Waals surface area contributed by atoms with E-state index in [4.69, 9.17) is 0 Å². The van der Waals surface area contributed by atoms with Crippen molar-refractivity contribution in [2.45, 2.75) is 0 Å². The van der Waals surface area contributed by atoms with Gasteiger partial charge >= 0.3 is 48.3 Å². The van der Waals surface area contributed by atoms with Crippen LogP contribution < -0.4 is 0 Å². The minimum Gasteiger partial charge on any atom is 0 e. The summed E-state index contributed by atoms with van der Waals surface area (Å²) in [7, 11) is 4.45. The second-order valence-electron chi connectivity index (χ2n) is 0. The summed E-state index contributed by atoms with van der Waals surface area (Å²) < 4.78 is 0. The normalized spacial score (nSPS) is 1.50. The third-order valence-electron chi connectivity index (χ3n) is 0. The van der Waals surface area contributed by atoms with Gasteiger partial charge < -0.3 is 0 Å². The largest absolute Gasteiger partial charge is 0.316 e. The molecule has 0 rings (SSSR count). The molecular formula is H2ClGdMgMn. The van der Waals surface area contributed by atoms with Crippen LogP contribution in [0.4, 0.5) is 0 Å². The van der Waals surface area contributed by atoms with Crippen LogP contribution in [0.3, 0.4) is 0 Å². The summed E-state index contributed by atoms with van der Waals surface area (Å²) >= 11 is 2.41. The average molecular weight is 274 g/mol. The van der Waals surface area contributed by atoms with Crippen molar-refractivity contribution in [3.8, 4) is 0 Å². The van der Waals surface area contributed by atoms with Crippen LogP contribution in [0, 0.1) is 39.9 Å². The molecule has 0 heterocycles. The summed E-state index contributed by atoms with van der Waals surface area (Å²) in [6, 6.07) is 0. The molecule has 0 aromatic heterocycles. The summed E-state index contributed by atoms with van der Waals surface area (Å²) in [5.74, 6) is 0. The van der Waals surface area contributed by atoms with Gasteiger partial charge in [0.25, 0.3) is 0 Å². The molecule has 0 aliphatic heterocycles. The van der Waals surface area contributed by atoms with Crippen LogP contribution in [-0.4, -0.2) is 23.1 Å². The Labute approximate surface area is 86.3 Å². The van der Waals surface area contributed by atoms with Crippen molar-refractivity contribution < 1.29 is 55.0 Å². The van der Waals surface area contributed by atoms with Gasteiger partial charge in [-0.1, -0.05) is 0 Å². The number of halogens is 1. The monoisotopic (exact) mass is 274 g/mol. The van der Waals surface area contributed by atoms with Crippen molar-refractivity contribution in [1.29, 1.82) is 0 Å². The zero-order valence-corrected chi connectivity index (χ0v) is 5.31. The summed E-state index contributed by atoms with van der Waals surface area (Å²) in [6.07, 6.45) is 0. The second-order valence-corrected chi connectivity index (χ2v) is 0. The standard InChI is InChI=1S/ClH.Gd.Mg.Mn.2H/h1H;;;;;/q;;;+1;;/p-1. The smallest absolute Gasteiger partial charge is 0 e. The van der Waals surface area contributed by atoms with Crippen LogP contribution in [0.5, 0.6) is 0 Å². The molecule has 0 saturated heterocycles. The molecule has 4 heteroatoms. The second kappa shape index (κ2) is 16.8. The van der Waals surface area contributed by atoms with E-state index in [-0.39, 0.29) is 63.0 Å². The van der Waals surface area contributed by atoms with Crippen LogP contribution >= 0.6 is 10.1 Å². The first-order valence-electron chi connectivity index (χ1n) is 0.143. The minimum absolute atomic E-state index is 0. The summed E-state index contributed by atoms with van der Waals surface area (Å²) in [6.45, 7) is 0. The fourth-order valence-electron chi connectivity index (χ4n) is 0. The van der Waals surface area contributed by atoms with Crippen molar-refractivity contribution in [2.24, 2.45) is 0 Å². The molecule has 4 heavy (non-hydrogen) atoms. The molecule has 0 aromatic rings. The van der Waals surface area contributed by atoms with Gasteiger partial charge in [-0.2, -0.15) is 0 Å². The maximum atomic E-state index is 4.45. The molecule has 0 amide bonds. The van der Waals surface area contributed by atoms with Crippen molar-refractivity contribution in [2.75, 3.05) is 0 Å². The van der Waals surface area contributed by atoms with E-state index in [1.165, 1.54) is 0 Å². The Morgan fingerprint density at radius 3 is 1.25 bits per heavy atom. The molecule has 0 aromatic carbocycles. The van der Waals surface area contributed by atoms with E-state index in [0.717, 1.165) is 0 Å². The molecule has 0 aliphatic carbocycles. The molecular weight excluding hydrogens is 272 g/mol. The third-order valence-corrected chi connectivity index (χ3v) is 0. The quantitative estimate of drug-likeness (QED) is 0.535. The topological polar surface area (TPSA) is 0 Å². The van der Waals surface area contributed by atoms with E-state index in [1.54, 1.807) is 0 Å². The maximum Gasteiger partial charge on any atom is 0.316 e. The predicted molar refractivity (Wildman–Crippen MR) is 14.4 cm³/mol. The Bertz CT molecular complexity index is 8.00. The van der Waals surface area contributed by atoms with Gasteiger partial charge in [0.1, 0.15) is 0 Å². The SMILES string of the molecule is [Cl][Mn].[Gd].[MgH2]. The van der Waals surface area contributed by atoms with Gasteiger partial charge in [0.2, 0.25) is 0 Å². The summed E-state index contributed by atoms with van der Waals surface area (Å²) in [5, 5.41) is 0. The maximum absolute atomic E-state index is 4.45. The Hall–Kier alpha value is 2.90. The van der Waals surface area contributed by atoms with E-state index in [9.17, 15) is 0 Å². The van der Waals surface area contributed by atoms with Crippen LogP contribution in [0.15, 0.2) is 0 Å². The van der Waals surface area contributed by atoms with Crippen LogP contribution in [0.25, 0.3) is 0 Å². The molecule has 0 spiro atoms. The van der Waals surface area contributed by atoms with Gasteiger partial charge in [-0.15, -0.1) is 0 Å². The zero-order chi connectivity index (χ0) is 2.00. The van der Waals surface area contributed by atoms with Crippen LogP contribution in [-0.2, 0) is 15.1 Å². The van der Waals surface area contributed by atoms with Gasteiger partial charge in [0, 0.05) is 39.9 Å². The fraction of sp³-hybridized carbons (Fsp3) is 0. The van der Waals surface area contributed by atoms with E-state index < -0.39 is 0 Å². The first-order chi connectivity index (χ1) is 1.00. The van der Waals surface area contributed by atoms with E-state index in [2.05, 4.69) is 25.2 Å². The Morgan fingerprint density at radius 1 is 1.25 bits per heavy atom. The number of hydrogen-bond acceptors (Lipinski definition) is 0. The Kier molecular flexibility index (Phi) is 66.5. The molecule has 0 atom stereocenters.